The van der Waals surface area contributed by atoms with Crippen LogP contribution in [0.4, 0.5) is 13.2 Å². The molecule has 3 rings (SSSR count). The summed E-state index contributed by atoms with van der Waals surface area (Å²) < 4.78 is 44.9. The number of alkyl halides is 3. The molecule has 0 saturated heterocycles. The Kier molecular flexibility index (Phi) is 6.09. The molecule has 1 aromatic carbocycles. The van der Waals surface area contributed by atoms with Gasteiger partial charge in [0.2, 0.25) is 6.10 Å². The van der Waals surface area contributed by atoms with Gasteiger partial charge in [-0.05, 0) is 19.1 Å². The first kappa shape index (κ1) is 22.0. The molecule has 0 aliphatic carbocycles. The standard InChI is InChI=1S/C21H19F3N4O3/c1-13-16(12-26-28(13)17-10-9-15(11-25-17)21(22,23)24)20(30)31-18(19(29)27(2)3)14-7-5-4-6-8-14/h4-12,18H,1-3H3. The van der Waals surface area contributed by atoms with Gasteiger partial charge in [0.05, 0.1) is 17.5 Å². The van der Waals surface area contributed by atoms with Gasteiger partial charge >= 0.3 is 12.1 Å². The van der Waals surface area contributed by atoms with Crippen molar-refractivity contribution in [3.8, 4) is 5.82 Å². The highest BCUT2D eigenvalue weighted by molar-refractivity contribution is 5.93. The average Bonchev–Trinajstić information content (AvgIpc) is 3.12. The summed E-state index contributed by atoms with van der Waals surface area (Å²) >= 11 is 0. The van der Waals surface area contributed by atoms with E-state index in [1.165, 1.54) is 15.8 Å². The SMILES string of the molecule is Cc1c(C(=O)OC(C(=O)N(C)C)c2ccccc2)cnn1-c1ccc(C(F)(F)F)cn1. The molecule has 1 unspecified atom stereocenters. The van der Waals surface area contributed by atoms with E-state index in [1.807, 2.05) is 0 Å². The second kappa shape index (κ2) is 8.58. The van der Waals surface area contributed by atoms with Gasteiger partial charge in [-0.1, -0.05) is 30.3 Å². The summed E-state index contributed by atoms with van der Waals surface area (Å²) in [6.07, 6.45) is -3.75. The number of hydrogen-bond donors (Lipinski definition) is 0. The number of benzene rings is 1. The summed E-state index contributed by atoms with van der Waals surface area (Å²) in [4.78, 5) is 30.4. The third-order valence-electron chi connectivity index (χ3n) is 4.51. The zero-order chi connectivity index (χ0) is 22.8. The van der Waals surface area contributed by atoms with Gasteiger partial charge in [-0.2, -0.15) is 18.3 Å². The Hall–Kier alpha value is -3.69. The number of likely N-dealkylation sites (N-methyl/N-ethyl adjacent to an activating group) is 1. The molecule has 0 spiro atoms. The van der Waals surface area contributed by atoms with Crippen LogP contribution in [0.3, 0.4) is 0 Å². The van der Waals surface area contributed by atoms with Crippen LogP contribution < -0.4 is 0 Å². The van der Waals surface area contributed by atoms with E-state index in [9.17, 15) is 22.8 Å². The maximum Gasteiger partial charge on any atom is 0.417 e. The minimum atomic E-state index is -4.51. The first-order valence-electron chi connectivity index (χ1n) is 9.15. The fourth-order valence-electron chi connectivity index (χ4n) is 2.81. The topological polar surface area (TPSA) is 77.3 Å². The van der Waals surface area contributed by atoms with Crippen molar-refractivity contribution in [2.45, 2.75) is 19.2 Å². The predicted molar refractivity (Wildman–Crippen MR) is 104 cm³/mol. The van der Waals surface area contributed by atoms with Crippen LogP contribution in [-0.2, 0) is 15.7 Å². The number of carbonyl (C=O) groups excluding carboxylic acids is 2. The molecule has 1 atom stereocenters. The predicted octanol–water partition coefficient (Wildman–Crippen LogP) is 3.58. The number of esters is 1. The molecule has 0 fully saturated rings. The number of carbonyl (C=O) groups is 2. The van der Waals surface area contributed by atoms with E-state index in [0.29, 0.717) is 17.5 Å². The molecule has 162 valence electrons. The van der Waals surface area contributed by atoms with E-state index in [2.05, 4.69) is 10.1 Å². The molecule has 0 N–H and O–H groups in total. The largest absolute Gasteiger partial charge is 0.444 e. The molecule has 0 aliphatic heterocycles. The third-order valence-corrected chi connectivity index (χ3v) is 4.51. The summed E-state index contributed by atoms with van der Waals surface area (Å²) in [7, 11) is 3.09. The Morgan fingerprint density at radius 1 is 1.06 bits per heavy atom. The van der Waals surface area contributed by atoms with Crippen LogP contribution in [0.1, 0.15) is 33.3 Å². The van der Waals surface area contributed by atoms with E-state index < -0.39 is 29.7 Å². The van der Waals surface area contributed by atoms with Crippen LogP contribution in [0.5, 0.6) is 0 Å². The number of pyridine rings is 1. The van der Waals surface area contributed by atoms with Crippen molar-refractivity contribution in [2.24, 2.45) is 0 Å². The maximum absolute atomic E-state index is 12.8. The van der Waals surface area contributed by atoms with Crippen molar-refractivity contribution in [3.63, 3.8) is 0 Å². The average molecular weight is 432 g/mol. The smallest absolute Gasteiger partial charge is 0.417 e. The van der Waals surface area contributed by atoms with Gasteiger partial charge in [0, 0.05) is 25.9 Å². The molecular weight excluding hydrogens is 413 g/mol. The van der Waals surface area contributed by atoms with Gasteiger partial charge in [-0.15, -0.1) is 0 Å². The van der Waals surface area contributed by atoms with Crippen LogP contribution in [0.2, 0.25) is 0 Å². The van der Waals surface area contributed by atoms with Gasteiger partial charge in [-0.25, -0.2) is 14.5 Å². The highest BCUT2D eigenvalue weighted by atomic mass is 19.4. The molecule has 0 radical (unpaired) electrons. The molecule has 0 bridgehead atoms. The Morgan fingerprint density at radius 2 is 1.74 bits per heavy atom. The van der Waals surface area contributed by atoms with Gasteiger partial charge in [0.25, 0.3) is 5.91 Å². The van der Waals surface area contributed by atoms with E-state index in [1.54, 1.807) is 51.4 Å². The molecule has 2 heterocycles. The van der Waals surface area contributed by atoms with Crippen molar-refractivity contribution < 1.29 is 27.5 Å². The zero-order valence-corrected chi connectivity index (χ0v) is 16.9. The van der Waals surface area contributed by atoms with Crippen LogP contribution in [-0.4, -0.2) is 45.6 Å². The number of halogens is 3. The first-order valence-corrected chi connectivity index (χ1v) is 9.15. The van der Waals surface area contributed by atoms with Crippen molar-refractivity contribution in [2.75, 3.05) is 14.1 Å². The molecule has 10 heteroatoms. The molecule has 2 aromatic heterocycles. The Labute approximate surface area is 176 Å². The number of ether oxygens (including phenoxy) is 1. The van der Waals surface area contributed by atoms with Gasteiger partial charge in [0.15, 0.2) is 5.82 Å². The monoisotopic (exact) mass is 432 g/mol. The van der Waals surface area contributed by atoms with Crippen LogP contribution >= 0.6 is 0 Å². The second-order valence-corrected chi connectivity index (χ2v) is 6.89. The number of nitrogens with zero attached hydrogens (tertiary/aromatic N) is 4. The zero-order valence-electron chi connectivity index (χ0n) is 16.9. The molecule has 3 aromatic rings. The number of hydrogen-bond acceptors (Lipinski definition) is 5. The van der Waals surface area contributed by atoms with Gasteiger partial charge in [0.1, 0.15) is 5.56 Å². The van der Waals surface area contributed by atoms with E-state index in [-0.39, 0.29) is 11.4 Å². The summed E-state index contributed by atoms with van der Waals surface area (Å²) in [6, 6.07) is 10.6. The lowest BCUT2D eigenvalue weighted by Crippen LogP contribution is -2.31. The Morgan fingerprint density at radius 3 is 2.29 bits per heavy atom. The van der Waals surface area contributed by atoms with Crippen LogP contribution in [0.25, 0.3) is 5.82 Å². The minimum absolute atomic E-state index is 0.0641. The van der Waals surface area contributed by atoms with Crippen molar-refractivity contribution in [1.82, 2.24) is 19.7 Å². The molecule has 0 saturated carbocycles. The van der Waals surface area contributed by atoms with Gasteiger partial charge in [-0.3, -0.25) is 4.79 Å². The highest BCUT2D eigenvalue weighted by Crippen LogP contribution is 2.29. The molecule has 0 aliphatic rings. The lowest BCUT2D eigenvalue weighted by Gasteiger charge is -2.21. The number of rotatable bonds is 5. The molecule has 7 nitrogen and oxygen atoms in total. The van der Waals surface area contributed by atoms with E-state index >= 15 is 0 Å². The summed E-state index contributed by atoms with van der Waals surface area (Å²) in [5.41, 5.74) is -0.0202. The second-order valence-electron chi connectivity index (χ2n) is 6.89. The summed E-state index contributed by atoms with van der Waals surface area (Å²) in [5, 5.41) is 4.04. The van der Waals surface area contributed by atoms with Crippen molar-refractivity contribution >= 4 is 11.9 Å². The lowest BCUT2D eigenvalue weighted by atomic mass is 10.1. The van der Waals surface area contributed by atoms with Crippen molar-refractivity contribution in [1.29, 1.82) is 0 Å². The lowest BCUT2D eigenvalue weighted by molar-refractivity contribution is -0.138. The van der Waals surface area contributed by atoms with Crippen molar-refractivity contribution in [3.05, 3.63) is 77.2 Å². The van der Waals surface area contributed by atoms with E-state index in [0.717, 1.165) is 12.1 Å². The fraction of sp³-hybridized carbons (Fsp3) is 0.238. The molecule has 1 amide bonds. The Bertz CT molecular complexity index is 1080. The summed E-state index contributed by atoms with van der Waals surface area (Å²) in [5.74, 6) is -1.11. The number of aromatic nitrogens is 3. The fourth-order valence-corrected chi connectivity index (χ4v) is 2.81. The first-order chi connectivity index (χ1) is 14.6. The highest BCUT2D eigenvalue weighted by Gasteiger charge is 2.31. The van der Waals surface area contributed by atoms with E-state index in [4.69, 9.17) is 4.74 Å². The summed E-state index contributed by atoms with van der Waals surface area (Å²) in [6.45, 7) is 1.55. The van der Waals surface area contributed by atoms with Crippen LogP contribution in [0, 0.1) is 6.92 Å². The quantitative estimate of drug-likeness (QED) is 0.576. The van der Waals surface area contributed by atoms with Crippen LogP contribution in [0.15, 0.2) is 54.9 Å². The third kappa shape index (κ3) is 4.73. The molecule has 31 heavy (non-hydrogen) atoms. The normalized spacial score (nSPS) is 12.3. The maximum atomic E-state index is 12.8. The molecular formula is C21H19F3N4O3. The Balaban J connectivity index is 1.87. The number of amides is 1. The minimum Gasteiger partial charge on any atom is -0.444 e. The van der Waals surface area contributed by atoms with Gasteiger partial charge < -0.3 is 9.64 Å².